The van der Waals surface area contributed by atoms with Gasteiger partial charge in [0.25, 0.3) is 0 Å². The van der Waals surface area contributed by atoms with Crippen LogP contribution in [0.4, 0.5) is 0 Å². The van der Waals surface area contributed by atoms with Crippen LogP contribution in [0.5, 0.6) is 0 Å². The van der Waals surface area contributed by atoms with Gasteiger partial charge in [0.15, 0.2) is 0 Å². The molecule has 0 radical (unpaired) electrons. The Kier molecular flexibility index (Phi) is 4.22. The van der Waals surface area contributed by atoms with Crippen molar-refractivity contribution < 1.29 is 4.79 Å². The summed E-state index contributed by atoms with van der Waals surface area (Å²) in [7, 11) is 0. The van der Waals surface area contributed by atoms with Gasteiger partial charge in [0.1, 0.15) is 5.82 Å². The highest BCUT2D eigenvalue weighted by Gasteiger charge is 2.27. The van der Waals surface area contributed by atoms with Crippen LogP contribution in [0.15, 0.2) is 16.9 Å². The fraction of sp³-hybridized carbons (Fsp3) is 0.667. The molecule has 1 fully saturated rings. The Balaban J connectivity index is 1.60. The molecule has 0 bridgehead atoms. The van der Waals surface area contributed by atoms with Crippen molar-refractivity contribution in [2.75, 3.05) is 13.1 Å². The summed E-state index contributed by atoms with van der Waals surface area (Å²) < 4.78 is 0. The Bertz CT molecular complexity index is 574. The number of likely N-dealkylation sites (tertiary alicyclic amines) is 1. The minimum Gasteiger partial charge on any atom is -0.342 e. The van der Waals surface area contributed by atoms with Gasteiger partial charge in [-0.15, -0.1) is 0 Å². The maximum atomic E-state index is 12.4. The van der Waals surface area contributed by atoms with Crippen LogP contribution in [0.1, 0.15) is 50.3 Å². The van der Waals surface area contributed by atoms with Crippen LogP contribution in [0, 0.1) is 5.92 Å². The molecule has 21 heavy (non-hydrogen) atoms. The number of nitrogens with zero attached hydrogens (tertiary/aromatic N) is 2. The Morgan fingerprint density at radius 3 is 3.00 bits per heavy atom. The normalized spacial score (nSPS) is 26.0. The first-order valence-electron chi connectivity index (χ1n) is 7.81. The first-order chi connectivity index (χ1) is 10.2. The number of aromatic nitrogens is 3. The smallest absolute Gasteiger partial charge is 0.340 e. The second-order valence-electron chi connectivity index (χ2n) is 6.07. The van der Waals surface area contributed by atoms with Crippen molar-refractivity contribution in [1.29, 1.82) is 0 Å². The number of aromatic amines is 2. The van der Waals surface area contributed by atoms with Crippen LogP contribution in [0.2, 0.25) is 0 Å². The topological polar surface area (TPSA) is 81.8 Å². The Morgan fingerprint density at radius 1 is 1.38 bits per heavy atom. The number of carbonyl (C=O) groups excluding carboxylic acids is 1. The van der Waals surface area contributed by atoms with Gasteiger partial charge in [-0.25, -0.2) is 9.89 Å². The summed E-state index contributed by atoms with van der Waals surface area (Å²) in [5.41, 5.74) is -0.277. The van der Waals surface area contributed by atoms with Crippen molar-refractivity contribution in [2.24, 2.45) is 5.92 Å². The fourth-order valence-corrected chi connectivity index (χ4v) is 3.31. The summed E-state index contributed by atoms with van der Waals surface area (Å²) in [4.78, 5) is 28.2. The number of hydrogen-bond acceptors (Lipinski definition) is 3. The zero-order valence-electron chi connectivity index (χ0n) is 12.2. The minimum absolute atomic E-state index is 0.142. The molecule has 3 rings (SSSR count). The monoisotopic (exact) mass is 290 g/mol. The molecule has 0 saturated carbocycles. The van der Waals surface area contributed by atoms with Crippen molar-refractivity contribution in [3.05, 3.63) is 28.5 Å². The van der Waals surface area contributed by atoms with Crippen LogP contribution in [-0.4, -0.2) is 39.1 Å². The number of rotatable bonds is 3. The number of H-pyrrole nitrogens is 2. The molecule has 2 unspecified atom stereocenters. The van der Waals surface area contributed by atoms with Crippen molar-refractivity contribution in [2.45, 2.75) is 44.4 Å². The van der Waals surface area contributed by atoms with Crippen LogP contribution in [0.3, 0.4) is 0 Å². The number of allylic oxidation sites excluding steroid dienone is 2. The second-order valence-corrected chi connectivity index (χ2v) is 6.07. The van der Waals surface area contributed by atoms with Gasteiger partial charge >= 0.3 is 5.69 Å². The Morgan fingerprint density at radius 2 is 2.29 bits per heavy atom. The molecule has 1 saturated heterocycles. The Labute approximate surface area is 123 Å². The third-order valence-electron chi connectivity index (χ3n) is 4.47. The summed E-state index contributed by atoms with van der Waals surface area (Å²) in [6.07, 6.45) is 10.4. The minimum atomic E-state index is -0.277. The molecule has 2 heterocycles. The van der Waals surface area contributed by atoms with Gasteiger partial charge in [-0.2, -0.15) is 5.10 Å². The molecule has 1 amide bonds. The number of amides is 1. The molecule has 1 aliphatic carbocycles. The van der Waals surface area contributed by atoms with Gasteiger partial charge in [-0.05, 0) is 38.0 Å². The van der Waals surface area contributed by atoms with E-state index in [0.717, 1.165) is 32.2 Å². The molecule has 2 atom stereocenters. The molecule has 2 N–H and O–H groups in total. The van der Waals surface area contributed by atoms with Gasteiger partial charge in [0, 0.05) is 25.4 Å². The molecule has 2 aliphatic rings. The van der Waals surface area contributed by atoms with E-state index in [1.165, 1.54) is 6.42 Å². The van der Waals surface area contributed by atoms with Gasteiger partial charge < -0.3 is 4.90 Å². The van der Waals surface area contributed by atoms with E-state index in [1.54, 1.807) is 0 Å². The van der Waals surface area contributed by atoms with E-state index in [0.29, 0.717) is 24.7 Å². The maximum absolute atomic E-state index is 12.4. The summed E-state index contributed by atoms with van der Waals surface area (Å²) in [5, 5.41) is 6.41. The average molecular weight is 290 g/mol. The SMILES string of the molecule is O=C(CC1C=CCCC1)N1CCCC(c2n[nH]c(=O)[nH]2)C1. The highest BCUT2D eigenvalue weighted by atomic mass is 16.2. The third-order valence-corrected chi connectivity index (χ3v) is 4.47. The largest absolute Gasteiger partial charge is 0.342 e. The highest BCUT2D eigenvalue weighted by molar-refractivity contribution is 5.76. The quantitative estimate of drug-likeness (QED) is 0.829. The Hall–Kier alpha value is -1.85. The maximum Gasteiger partial charge on any atom is 0.340 e. The van der Waals surface area contributed by atoms with Gasteiger partial charge in [0.05, 0.1) is 0 Å². The van der Waals surface area contributed by atoms with Crippen molar-refractivity contribution >= 4 is 5.91 Å². The van der Waals surface area contributed by atoms with E-state index >= 15 is 0 Å². The fourth-order valence-electron chi connectivity index (χ4n) is 3.31. The molecule has 1 aliphatic heterocycles. The standard InChI is InChI=1S/C15H22N4O2/c20-13(9-11-5-2-1-3-6-11)19-8-4-7-12(10-19)14-16-15(21)18-17-14/h2,5,11-12H,1,3-4,6-10H2,(H2,16,17,18,21). The summed E-state index contributed by atoms with van der Waals surface area (Å²) >= 11 is 0. The van der Waals surface area contributed by atoms with Crippen LogP contribution in [-0.2, 0) is 4.79 Å². The van der Waals surface area contributed by atoms with E-state index in [-0.39, 0.29) is 17.5 Å². The summed E-state index contributed by atoms with van der Waals surface area (Å²) in [6.45, 7) is 1.48. The molecule has 0 spiro atoms. The lowest BCUT2D eigenvalue weighted by atomic mass is 9.91. The zero-order chi connectivity index (χ0) is 14.7. The van der Waals surface area contributed by atoms with E-state index in [2.05, 4.69) is 27.3 Å². The van der Waals surface area contributed by atoms with Crippen LogP contribution >= 0.6 is 0 Å². The van der Waals surface area contributed by atoms with Crippen LogP contribution in [0.25, 0.3) is 0 Å². The van der Waals surface area contributed by atoms with Gasteiger partial charge in [0.2, 0.25) is 5.91 Å². The van der Waals surface area contributed by atoms with Gasteiger partial charge in [-0.1, -0.05) is 12.2 Å². The second kappa shape index (κ2) is 6.28. The number of nitrogens with one attached hydrogen (secondary N) is 2. The lowest BCUT2D eigenvalue weighted by Crippen LogP contribution is -2.40. The van der Waals surface area contributed by atoms with Crippen molar-refractivity contribution in [1.82, 2.24) is 20.1 Å². The predicted molar refractivity (Wildman–Crippen MR) is 78.9 cm³/mol. The molecule has 6 heteroatoms. The lowest BCUT2D eigenvalue weighted by molar-refractivity contribution is -0.133. The summed E-state index contributed by atoms with van der Waals surface area (Å²) in [6, 6.07) is 0. The predicted octanol–water partition coefficient (Wildman–Crippen LogP) is 1.55. The van der Waals surface area contributed by atoms with E-state index < -0.39 is 0 Å². The van der Waals surface area contributed by atoms with Crippen molar-refractivity contribution in [3.63, 3.8) is 0 Å². The third kappa shape index (κ3) is 3.43. The zero-order valence-corrected chi connectivity index (χ0v) is 12.2. The number of carbonyl (C=O) groups is 1. The summed E-state index contributed by atoms with van der Waals surface area (Å²) in [5.74, 6) is 1.45. The number of piperidine rings is 1. The first-order valence-corrected chi connectivity index (χ1v) is 7.81. The lowest BCUT2D eigenvalue weighted by Gasteiger charge is -2.32. The molecule has 0 aromatic carbocycles. The molecule has 1 aromatic heterocycles. The molecule has 114 valence electrons. The first kappa shape index (κ1) is 14.1. The number of hydrogen-bond donors (Lipinski definition) is 2. The van der Waals surface area contributed by atoms with Crippen molar-refractivity contribution in [3.8, 4) is 0 Å². The van der Waals surface area contributed by atoms with Crippen LogP contribution < -0.4 is 5.69 Å². The van der Waals surface area contributed by atoms with Gasteiger partial charge in [-0.3, -0.25) is 9.78 Å². The molecule has 6 nitrogen and oxygen atoms in total. The molecular formula is C15H22N4O2. The van der Waals surface area contributed by atoms with E-state index in [9.17, 15) is 9.59 Å². The molecule has 1 aromatic rings. The van der Waals surface area contributed by atoms with E-state index in [4.69, 9.17) is 0 Å². The average Bonchev–Trinajstić information content (AvgIpc) is 2.95. The highest BCUT2D eigenvalue weighted by Crippen LogP contribution is 2.26. The molecular weight excluding hydrogens is 268 g/mol. The van der Waals surface area contributed by atoms with E-state index in [1.807, 2.05) is 4.90 Å².